The van der Waals surface area contributed by atoms with Gasteiger partial charge in [-0.3, -0.25) is 0 Å². The number of hydrogen-bond donors (Lipinski definition) is 0. The molecule has 0 aromatic rings. The number of ether oxygens (including phenoxy) is 1. The van der Waals surface area contributed by atoms with E-state index in [1.54, 1.807) is 0 Å². The fraction of sp³-hybridized carbons (Fsp3) is 0.625. The Balaban J connectivity index is 2.21. The van der Waals surface area contributed by atoms with Crippen LogP contribution >= 0.6 is 0 Å². The van der Waals surface area contributed by atoms with Crippen molar-refractivity contribution >= 4 is 5.97 Å². The summed E-state index contributed by atoms with van der Waals surface area (Å²) in [6.45, 7) is 0. The van der Waals surface area contributed by atoms with Gasteiger partial charge in [0.15, 0.2) is 0 Å². The Morgan fingerprint density at radius 1 is 1.60 bits per heavy atom. The summed E-state index contributed by atoms with van der Waals surface area (Å²) in [4.78, 5) is 10.5. The standard InChI is InChI=1S/C8H12O2/c1-10-8(9)6-5-7-3-2-4-7/h5-7H,2-4H2,1H3/b6-5+. The topological polar surface area (TPSA) is 26.3 Å². The van der Waals surface area contributed by atoms with Gasteiger partial charge in [-0.1, -0.05) is 12.5 Å². The van der Waals surface area contributed by atoms with Crippen LogP contribution in [-0.4, -0.2) is 13.1 Å². The van der Waals surface area contributed by atoms with Gasteiger partial charge >= 0.3 is 5.97 Å². The van der Waals surface area contributed by atoms with Crippen LogP contribution in [0.2, 0.25) is 0 Å². The maximum atomic E-state index is 10.5. The zero-order valence-corrected chi connectivity index (χ0v) is 6.17. The maximum absolute atomic E-state index is 10.5. The van der Waals surface area contributed by atoms with Gasteiger partial charge in [0.25, 0.3) is 0 Å². The van der Waals surface area contributed by atoms with E-state index in [1.165, 1.54) is 32.4 Å². The molecule has 2 nitrogen and oxygen atoms in total. The molecule has 1 aliphatic rings. The molecule has 0 aromatic heterocycles. The van der Waals surface area contributed by atoms with Crippen molar-refractivity contribution in [1.82, 2.24) is 0 Å². The van der Waals surface area contributed by atoms with Gasteiger partial charge in [-0.15, -0.1) is 0 Å². The Morgan fingerprint density at radius 2 is 2.30 bits per heavy atom. The van der Waals surface area contributed by atoms with Gasteiger partial charge in [0.2, 0.25) is 0 Å². The largest absolute Gasteiger partial charge is 0.466 e. The first-order valence-corrected chi connectivity index (χ1v) is 3.59. The molecule has 2 heteroatoms. The Kier molecular flexibility index (Phi) is 2.49. The summed E-state index contributed by atoms with van der Waals surface area (Å²) < 4.78 is 4.44. The Hall–Kier alpha value is -0.790. The van der Waals surface area contributed by atoms with E-state index >= 15 is 0 Å². The van der Waals surface area contributed by atoms with E-state index < -0.39 is 0 Å². The third-order valence-corrected chi connectivity index (χ3v) is 1.86. The maximum Gasteiger partial charge on any atom is 0.330 e. The lowest BCUT2D eigenvalue weighted by molar-refractivity contribution is -0.134. The van der Waals surface area contributed by atoms with Crippen molar-refractivity contribution in [3.8, 4) is 0 Å². The molecule has 10 heavy (non-hydrogen) atoms. The van der Waals surface area contributed by atoms with Crippen LogP contribution in [0.4, 0.5) is 0 Å². The predicted molar refractivity (Wildman–Crippen MR) is 38.5 cm³/mol. The lowest BCUT2D eigenvalue weighted by atomic mass is 9.85. The van der Waals surface area contributed by atoms with Gasteiger partial charge in [-0.25, -0.2) is 4.79 Å². The van der Waals surface area contributed by atoms with Crippen molar-refractivity contribution < 1.29 is 9.53 Å². The van der Waals surface area contributed by atoms with Gasteiger partial charge in [-0.2, -0.15) is 0 Å². The van der Waals surface area contributed by atoms with Crippen LogP contribution in [-0.2, 0) is 9.53 Å². The van der Waals surface area contributed by atoms with Crippen LogP contribution < -0.4 is 0 Å². The van der Waals surface area contributed by atoms with Gasteiger partial charge in [0.05, 0.1) is 7.11 Å². The first-order chi connectivity index (χ1) is 4.83. The Morgan fingerprint density at radius 3 is 2.70 bits per heavy atom. The summed E-state index contributed by atoms with van der Waals surface area (Å²) in [7, 11) is 1.40. The molecule has 0 aromatic carbocycles. The first kappa shape index (κ1) is 7.32. The number of rotatable bonds is 2. The molecule has 0 unspecified atom stereocenters. The van der Waals surface area contributed by atoms with Crippen LogP contribution in [0.25, 0.3) is 0 Å². The number of carbonyl (C=O) groups is 1. The SMILES string of the molecule is COC(=O)/C=C/C1CCC1. The molecule has 0 aliphatic heterocycles. The fourth-order valence-electron chi connectivity index (χ4n) is 0.915. The molecule has 56 valence electrons. The monoisotopic (exact) mass is 140 g/mol. The minimum atomic E-state index is -0.244. The molecule has 0 bridgehead atoms. The number of esters is 1. The minimum Gasteiger partial charge on any atom is -0.466 e. The number of hydrogen-bond acceptors (Lipinski definition) is 2. The van der Waals surface area contributed by atoms with E-state index in [0.29, 0.717) is 5.92 Å². The van der Waals surface area contributed by atoms with Crippen LogP contribution in [0, 0.1) is 5.92 Å². The normalized spacial score (nSPS) is 18.9. The lowest BCUT2D eigenvalue weighted by Crippen LogP contribution is -2.08. The second-order valence-electron chi connectivity index (χ2n) is 2.57. The highest BCUT2D eigenvalue weighted by Crippen LogP contribution is 2.27. The smallest absolute Gasteiger partial charge is 0.330 e. The summed E-state index contributed by atoms with van der Waals surface area (Å²) in [6.07, 6.45) is 7.22. The molecule has 0 radical (unpaired) electrons. The number of carbonyl (C=O) groups excluding carboxylic acids is 1. The van der Waals surface area contributed by atoms with Crippen LogP contribution in [0.3, 0.4) is 0 Å². The van der Waals surface area contributed by atoms with Gasteiger partial charge in [-0.05, 0) is 18.8 Å². The van der Waals surface area contributed by atoms with Crippen molar-refractivity contribution in [2.24, 2.45) is 5.92 Å². The van der Waals surface area contributed by atoms with Crippen molar-refractivity contribution in [1.29, 1.82) is 0 Å². The first-order valence-electron chi connectivity index (χ1n) is 3.59. The molecule has 0 saturated heterocycles. The summed E-state index contributed by atoms with van der Waals surface area (Å²) in [5.74, 6) is 0.394. The molecule has 0 heterocycles. The lowest BCUT2D eigenvalue weighted by Gasteiger charge is -2.20. The zero-order chi connectivity index (χ0) is 7.40. The molecule has 1 rings (SSSR count). The van der Waals surface area contributed by atoms with E-state index in [1.807, 2.05) is 6.08 Å². The quantitative estimate of drug-likeness (QED) is 0.429. The second kappa shape index (κ2) is 3.40. The van der Waals surface area contributed by atoms with E-state index in [9.17, 15) is 4.79 Å². The molecule has 0 atom stereocenters. The predicted octanol–water partition coefficient (Wildman–Crippen LogP) is 1.52. The average Bonchev–Trinajstić information content (AvgIpc) is 1.84. The summed E-state index contributed by atoms with van der Waals surface area (Å²) in [5, 5.41) is 0. The van der Waals surface area contributed by atoms with Crippen LogP contribution in [0.1, 0.15) is 19.3 Å². The van der Waals surface area contributed by atoms with Crippen molar-refractivity contribution in [2.45, 2.75) is 19.3 Å². The average molecular weight is 140 g/mol. The fourth-order valence-corrected chi connectivity index (χ4v) is 0.915. The molecule has 0 spiro atoms. The van der Waals surface area contributed by atoms with E-state index in [2.05, 4.69) is 4.74 Å². The summed E-state index contributed by atoms with van der Waals surface area (Å²) in [5.41, 5.74) is 0. The molecule has 1 aliphatic carbocycles. The third-order valence-electron chi connectivity index (χ3n) is 1.86. The van der Waals surface area contributed by atoms with Gasteiger partial charge in [0, 0.05) is 6.08 Å². The highest BCUT2D eigenvalue weighted by atomic mass is 16.5. The highest BCUT2D eigenvalue weighted by molar-refractivity contribution is 5.81. The molecule has 1 fully saturated rings. The minimum absolute atomic E-state index is 0.244. The van der Waals surface area contributed by atoms with Crippen molar-refractivity contribution in [2.75, 3.05) is 7.11 Å². The van der Waals surface area contributed by atoms with Crippen molar-refractivity contribution in [3.63, 3.8) is 0 Å². The highest BCUT2D eigenvalue weighted by Gasteiger charge is 2.13. The third kappa shape index (κ3) is 1.87. The van der Waals surface area contributed by atoms with Crippen LogP contribution in [0.5, 0.6) is 0 Å². The van der Waals surface area contributed by atoms with Crippen molar-refractivity contribution in [3.05, 3.63) is 12.2 Å². The molecule has 0 amide bonds. The summed E-state index contributed by atoms with van der Waals surface area (Å²) >= 11 is 0. The van der Waals surface area contributed by atoms with Crippen LogP contribution in [0.15, 0.2) is 12.2 Å². The van der Waals surface area contributed by atoms with Gasteiger partial charge < -0.3 is 4.74 Å². The molecule has 1 saturated carbocycles. The van der Waals surface area contributed by atoms with E-state index in [-0.39, 0.29) is 5.97 Å². The molecular weight excluding hydrogens is 128 g/mol. The van der Waals surface area contributed by atoms with E-state index in [0.717, 1.165) is 0 Å². The summed E-state index contributed by atoms with van der Waals surface area (Å²) in [6, 6.07) is 0. The second-order valence-corrected chi connectivity index (χ2v) is 2.57. The number of allylic oxidation sites excluding steroid dienone is 1. The Bertz CT molecular complexity index is 145. The Labute approximate surface area is 60.9 Å². The van der Waals surface area contributed by atoms with E-state index in [4.69, 9.17) is 0 Å². The van der Waals surface area contributed by atoms with Gasteiger partial charge in [0.1, 0.15) is 0 Å². The number of methoxy groups -OCH3 is 1. The molecule has 0 N–H and O–H groups in total. The molecular formula is C8H12O2. The zero-order valence-electron chi connectivity index (χ0n) is 6.17.